The summed E-state index contributed by atoms with van der Waals surface area (Å²) in [5.74, 6) is 1.17. The molecule has 3 rings (SSSR count). The highest BCUT2D eigenvalue weighted by atomic mass is 19.1. The molecular weight excluding hydrogens is 309 g/mol. The van der Waals surface area contributed by atoms with Crippen molar-refractivity contribution in [3.63, 3.8) is 0 Å². The molecule has 0 radical (unpaired) electrons. The molecule has 0 saturated heterocycles. The Morgan fingerprint density at radius 2 is 2.25 bits per heavy atom. The molecule has 0 spiro atoms. The molecule has 0 fully saturated rings. The van der Waals surface area contributed by atoms with E-state index in [0.29, 0.717) is 42.0 Å². The van der Waals surface area contributed by atoms with Crippen molar-refractivity contribution in [3.05, 3.63) is 65.6 Å². The van der Waals surface area contributed by atoms with Crippen molar-refractivity contribution in [3.8, 4) is 5.75 Å². The van der Waals surface area contributed by atoms with Crippen LogP contribution in [0.1, 0.15) is 15.9 Å². The van der Waals surface area contributed by atoms with Gasteiger partial charge in [0.05, 0.1) is 6.33 Å². The fourth-order valence-electron chi connectivity index (χ4n) is 2.60. The third kappa shape index (κ3) is 3.28. The summed E-state index contributed by atoms with van der Waals surface area (Å²) in [5, 5.41) is 0. The molecule has 0 saturated carbocycles. The zero-order valence-electron chi connectivity index (χ0n) is 13.1. The number of hydrogen-bond donors (Lipinski definition) is 1. The Morgan fingerprint density at radius 3 is 2.96 bits per heavy atom. The second kappa shape index (κ2) is 7.23. The number of aromatic nitrogens is 1. The van der Waals surface area contributed by atoms with Crippen LogP contribution in [-0.2, 0) is 6.42 Å². The average molecular weight is 327 g/mol. The van der Waals surface area contributed by atoms with Crippen LogP contribution in [0, 0.1) is 0 Å². The molecule has 124 valence electrons. The zero-order chi connectivity index (χ0) is 16.9. The standard InChI is InChI=1S/C18H18FN3O2/c19-10-13(11-20)12-24-15-4-5-16-14(9-15)6-8-22(18(16)23)17-3-1-2-7-21-17/h1-5,7,9-10H,6,8,11-12,20H2/b13-10+. The van der Waals surface area contributed by atoms with E-state index in [0.717, 1.165) is 5.56 Å². The molecule has 5 nitrogen and oxygen atoms in total. The lowest BCUT2D eigenvalue weighted by molar-refractivity contribution is 0.0980. The number of carbonyl (C=O) groups is 1. The number of pyridine rings is 1. The predicted octanol–water partition coefficient (Wildman–Crippen LogP) is 2.48. The molecule has 2 aromatic rings. The van der Waals surface area contributed by atoms with Crippen molar-refractivity contribution in [2.75, 3.05) is 24.6 Å². The second-order valence-electron chi connectivity index (χ2n) is 5.47. The SMILES string of the molecule is NC/C(=C\F)COc1ccc2c(c1)CCN(c1ccccn1)C2=O. The van der Waals surface area contributed by atoms with Gasteiger partial charge in [-0.05, 0) is 42.3 Å². The minimum Gasteiger partial charge on any atom is -0.489 e. The number of fused-ring (bicyclic) bond motifs is 1. The van der Waals surface area contributed by atoms with Crippen LogP contribution in [0.2, 0.25) is 0 Å². The van der Waals surface area contributed by atoms with Gasteiger partial charge in [0.15, 0.2) is 0 Å². The van der Waals surface area contributed by atoms with E-state index in [1.54, 1.807) is 23.2 Å². The van der Waals surface area contributed by atoms with Crippen molar-refractivity contribution in [1.82, 2.24) is 4.98 Å². The van der Waals surface area contributed by atoms with Crippen LogP contribution in [0.4, 0.5) is 10.2 Å². The van der Waals surface area contributed by atoms with Crippen LogP contribution in [0.3, 0.4) is 0 Å². The summed E-state index contributed by atoms with van der Waals surface area (Å²) in [6.07, 6.45) is 2.84. The predicted molar refractivity (Wildman–Crippen MR) is 89.8 cm³/mol. The minimum absolute atomic E-state index is 0.0761. The third-order valence-corrected chi connectivity index (χ3v) is 3.92. The van der Waals surface area contributed by atoms with E-state index < -0.39 is 0 Å². The van der Waals surface area contributed by atoms with E-state index in [1.807, 2.05) is 24.3 Å². The Kier molecular flexibility index (Phi) is 4.86. The van der Waals surface area contributed by atoms with Crippen LogP contribution < -0.4 is 15.4 Å². The number of anilines is 1. The smallest absolute Gasteiger partial charge is 0.259 e. The van der Waals surface area contributed by atoms with E-state index in [1.165, 1.54) is 0 Å². The zero-order valence-corrected chi connectivity index (χ0v) is 13.1. The first-order valence-electron chi connectivity index (χ1n) is 7.69. The van der Waals surface area contributed by atoms with E-state index >= 15 is 0 Å². The lowest BCUT2D eigenvalue weighted by atomic mass is 9.98. The Balaban J connectivity index is 1.77. The van der Waals surface area contributed by atoms with Crippen molar-refractivity contribution in [2.24, 2.45) is 5.73 Å². The molecule has 1 aromatic heterocycles. The molecule has 1 amide bonds. The summed E-state index contributed by atoms with van der Waals surface area (Å²) in [4.78, 5) is 18.6. The van der Waals surface area contributed by atoms with Gasteiger partial charge in [0, 0.05) is 30.4 Å². The fraction of sp³-hybridized carbons (Fsp3) is 0.222. The Hall–Kier alpha value is -2.73. The number of carbonyl (C=O) groups excluding carboxylic acids is 1. The number of halogens is 1. The van der Waals surface area contributed by atoms with Crippen LogP contribution in [-0.4, -0.2) is 30.6 Å². The maximum atomic E-state index is 12.7. The van der Waals surface area contributed by atoms with E-state index in [9.17, 15) is 9.18 Å². The molecule has 0 unspecified atom stereocenters. The first kappa shape index (κ1) is 16.1. The number of rotatable bonds is 5. The van der Waals surface area contributed by atoms with E-state index in [-0.39, 0.29) is 19.1 Å². The molecule has 1 aromatic carbocycles. The summed E-state index contributed by atoms with van der Waals surface area (Å²) in [6.45, 7) is 0.767. The lowest BCUT2D eigenvalue weighted by Crippen LogP contribution is -2.38. The van der Waals surface area contributed by atoms with E-state index in [4.69, 9.17) is 10.5 Å². The third-order valence-electron chi connectivity index (χ3n) is 3.92. The Morgan fingerprint density at radius 1 is 1.38 bits per heavy atom. The number of ether oxygens (including phenoxy) is 1. The van der Waals surface area contributed by atoms with Crippen LogP contribution in [0.15, 0.2) is 54.5 Å². The Labute approximate surface area is 139 Å². The van der Waals surface area contributed by atoms with Gasteiger partial charge < -0.3 is 10.5 Å². The molecule has 6 heteroatoms. The highest BCUT2D eigenvalue weighted by molar-refractivity contribution is 6.07. The van der Waals surface area contributed by atoms with Crippen molar-refractivity contribution in [1.29, 1.82) is 0 Å². The topological polar surface area (TPSA) is 68.5 Å². The lowest BCUT2D eigenvalue weighted by Gasteiger charge is -2.28. The van der Waals surface area contributed by atoms with Gasteiger partial charge in [0.25, 0.3) is 5.91 Å². The number of benzene rings is 1. The molecule has 0 aliphatic carbocycles. The first-order valence-corrected chi connectivity index (χ1v) is 7.69. The second-order valence-corrected chi connectivity index (χ2v) is 5.47. The van der Waals surface area contributed by atoms with E-state index in [2.05, 4.69) is 4.98 Å². The van der Waals surface area contributed by atoms with Gasteiger partial charge in [-0.3, -0.25) is 9.69 Å². The highest BCUT2D eigenvalue weighted by Crippen LogP contribution is 2.26. The normalized spacial score (nSPS) is 14.5. The van der Waals surface area contributed by atoms with Gasteiger partial charge in [-0.2, -0.15) is 0 Å². The molecule has 1 aliphatic heterocycles. The van der Waals surface area contributed by atoms with Gasteiger partial charge in [-0.25, -0.2) is 9.37 Å². The molecule has 0 bridgehead atoms. The summed E-state index contributed by atoms with van der Waals surface area (Å²) in [7, 11) is 0. The molecule has 1 aliphatic rings. The van der Waals surface area contributed by atoms with Gasteiger partial charge in [-0.15, -0.1) is 0 Å². The number of amides is 1. The maximum absolute atomic E-state index is 12.7. The van der Waals surface area contributed by atoms with Gasteiger partial charge in [0.1, 0.15) is 18.2 Å². The quantitative estimate of drug-likeness (QED) is 0.916. The summed E-state index contributed by atoms with van der Waals surface area (Å²) >= 11 is 0. The van der Waals surface area contributed by atoms with Crippen LogP contribution in [0.25, 0.3) is 0 Å². The van der Waals surface area contributed by atoms with Gasteiger partial charge >= 0.3 is 0 Å². The average Bonchev–Trinajstić information content (AvgIpc) is 2.63. The number of nitrogens with zero attached hydrogens (tertiary/aromatic N) is 2. The van der Waals surface area contributed by atoms with Crippen LogP contribution in [0.5, 0.6) is 5.75 Å². The summed E-state index contributed by atoms with van der Waals surface area (Å²) in [6, 6.07) is 10.8. The minimum atomic E-state index is -0.0761. The molecular formula is C18H18FN3O2. The van der Waals surface area contributed by atoms with Crippen molar-refractivity contribution >= 4 is 11.7 Å². The van der Waals surface area contributed by atoms with Gasteiger partial charge in [-0.1, -0.05) is 6.07 Å². The first-order chi connectivity index (χ1) is 11.7. The summed E-state index contributed by atoms with van der Waals surface area (Å²) < 4.78 is 18.0. The fourth-order valence-corrected chi connectivity index (χ4v) is 2.60. The monoisotopic (exact) mass is 327 g/mol. The molecule has 2 heterocycles. The maximum Gasteiger partial charge on any atom is 0.259 e. The molecule has 24 heavy (non-hydrogen) atoms. The number of nitrogens with two attached hydrogens (primary N) is 1. The number of hydrogen-bond acceptors (Lipinski definition) is 4. The largest absolute Gasteiger partial charge is 0.489 e. The summed E-state index contributed by atoms with van der Waals surface area (Å²) in [5.41, 5.74) is 7.34. The van der Waals surface area contributed by atoms with Crippen molar-refractivity contribution in [2.45, 2.75) is 6.42 Å². The highest BCUT2D eigenvalue weighted by Gasteiger charge is 2.26. The van der Waals surface area contributed by atoms with Gasteiger partial charge in [0.2, 0.25) is 0 Å². The molecule has 2 N–H and O–H groups in total. The Bertz CT molecular complexity index is 762. The molecule has 0 atom stereocenters. The van der Waals surface area contributed by atoms with Crippen molar-refractivity contribution < 1.29 is 13.9 Å². The van der Waals surface area contributed by atoms with Crippen LogP contribution >= 0.6 is 0 Å².